The van der Waals surface area contributed by atoms with Crippen molar-refractivity contribution in [2.24, 2.45) is 11.1 Å². The summed E-state index contributed by atoms with van der Waals surface area (Å²) in [5, 5.41) is 0. The highest BCUT2D eigenvalue weighted by Crippen LogP contribution is 2.46. The van der Waals surface area contributed by atoms with Crippen molar-refractivity contribution in [1.82, 2.24) is 4.90 Å². The Balaban J connectivity index is 1.86. The van der Waals surface area contributed by atoms with E-state index in [0.717, 1.165) is 12.6 Å². The van der Waals surface area contributed by atoms with Gasteiger partial charge in [0.2, 0.25) is 0 Å². The Labute approximate surface area is 81.5 Å². The first-order valence-electron chi connectivity index (χ1n) is 5.74. The van der Waals surface area contributed by atoms with Crippen LogP contribution < -0.4 is 5.73 Å². The molecule has 2 N–H and O–H groups in total. The van der Waals surface area contributed by atoms with Gasteiger partial charge in [0.1, 0.15) is 0 Å². The Hall–Kier alpha value is -0.0800. The zero-order valence-corrected chi connectivity index (χ0v) is 8.76. The Morgan fingerprint density at radius 1 is 1.46 bits per heavy atom. The molecule has 0 aromatic carbocycles. The van der Waals surface area contributed by atoms with Crippen LogP contribution in [0.5, 0.6) is 0 Å². The highest BCUT2D eigenvalue weighted by atomic mass is 15.2. The lowest BCUT2D eigenvalue weighted by Crippen LogP contribution is -2.37. The van der Waals surface area contributed by atoms with E-state index in [9.17, 15) is 0 Å². The SMILES string of the molecule is CCC1CCCN1CC1(CN)CC1. The molecule has 2 aliphatic rings. The van der Waals surface area contributed by atoms with E-state index in [0.29, 0.717) is 5.41 Å². The molecule has 1 saturated heterocycles. The van der Waals surface area contributed by atoms with Gasteiger partial charge in [-0.3, -0.25) is 4.90 Å². The number of nitrogens with two attached hydrogens (primary N) is 1. The van der Waals surface area contributed by atoms with E-state index in [-0.39, 0.29) is 0 Å². The summed E-state index contributed by atoms with van der Waals surface area (Å²) in [6, 6.07) is 0.865. The van der Waals surface area contributed by atoms with Crippen LogP contribution in [0.25, 0.3) is 0 Å². The van der Waals surface area contributed by atoms with E-state index in [1.54, 1.807) is 0 Å². The smallest absolute Gasteiger partial charge is 0.00933 e. The predicted molar refractivity (Wildman–Crippen MR) is 55.6 cm³/mol. The van der Waals surface area contributed by atoms with Crippen LogP contribution >= 0.6 is 0 Å². The number of hydrogen-bond acceptors (Lipinski definition) is 2. The van der Waals surface area contributed by atoms with Gasteiger partial charge < -0.3 is 5.73 Å². The van der Waals surface area contributed by atoms with Gasteiger partial charge >= 0.3 is 0 Å². The average Bonchev–Trinajstić information content (AvgIpc) is 2.78. The van der Waals surface area contributed by atoms with E-state index in [2.05, 4.69) is 11.8 Å². The lowest BCUT2D eigenvalue weighted by atomic mass is 10.1. The van der Waals surface area contributed by atoms with E-state index in [1.165, 1.54) is 45.2 Å². The van der Waals surface area contributed by atoms with Crippen LogP contribution in [0.1, 0.15) is 39.0 Å². The molecule has 1 heterocycles. The lowest BCUT2D eigenvalue weighted by molar-refractivity contribution is 0.202. The standard InChI is InChI=1S/C11H22N2/c1-2-10-4-3-7-13(10)9-11(8-12)5-6-11/h10H,2-9,12H2,1H3. The first-order chi connectivity index (χ1) is 6.29. The largest absolute Gasteiger partial charge is 0.330 e. The third-order valence-corrected chi connectivity index (χ3v) is 3.90. The quantitative estimate of drug-likeness (QED) is 0.715. The second-order valence-electron chi connectivity index (χ2n) is 4.88. The summed E-state index contributed by atoms with van der Waals surface area (Å²) in [7, 11) is 0. The monoisotopic (exact) mass is 182 g/mol. The maximum absolute atomic E-state index is 5.81. The van der Waals surface area contributed by atoms with Crippen molar-refractivity contribution < 1.29 is 0 Å². The van der Waals surface area contributed by atoms with E-state index in [1.807, 2.05) is 0 Å². The summed E-state index contributed by atoms with van der Waals surface area (Å²) in [4.78, 5) is 2.68. The molecule has 2 heteroatoms. The van der Waals surface area contributed by atoms with Gasteiger partial charge in [-0.05, 0) is 50.6 Å². The van der Waals surface area contributed by atoms with Crippen LogP contribution in [0.3, 0.4) is 0 Å². The normalized spacial score (nSPS) is 32.3. The molecule has 1 atom stereocenters. The van der Waals surface area contributed by atoms with Crippen LogP contribution in [0.15, 0.2) is 0 Å². The Morgan fingerprint density at radius 2 is 2.23 bits per heavy atom. The van der Waals surface area contributed by atoms with Crippen molar-refractivity contribution in [2.45, 2.75) is 45.1 Å². The zero-order valence-electron chi connectivity index (χ0n) is 8.76. The number of rotatable bonds is 4. The van der Waals surface area contributed by atoms with Crippen molar-refractivity contribution in [2.75, 3.05) is 19.6 Å². The minimum absolute atomic E-state index is 0.539. The highest BCUT2D eigenvalue weighted by Gasteiger charge is 2.43. The second kappa shape index (κ2) is 3.58. The van der Waals surface area contributed by atoms with Crippen LogP contribution in [-0.4, -0.2) is 30.6 Å². The molecule has 0 aromatic heterocycles. The van der Waals surface area contributed by atoms with Crippen LogP contribution in [0.4, 0.5) is 0 Å². The molecule has 1 aliphatic heterocycles. The third-order valence-electron chi connectivity index (χ3n) is 3.90. The van der Waals surface area contributed by atoms with Gasteiger partial charge in [-0.15, -0.1) is 0 Å². The van der Waals surface area contributed by atoms with Gasteiger partial charge in [0.15, 0.2) is 0 Å². The van der Waals surface area contributed by atoms with Gasteiger partial charge in [-0.25, -0.2) is 0 Å². The van der Waals surface area contributed by atoms with Crippen molar-refractivity contribution in [3.05, 3.63) is 0 Å². The first-order valence-corrected chi connectivity index (χ1v) is 5.74. The van der Waals surface area contributed by atoms with Crippen molar-refractivity contribution >= 4 is 0 Å². The molecular weight excluding hydrogens is 160 g/mol. The van der Waals surface area contributed by atoms with Crippen molar-refractivity contribution in [1.29, 1.82) is 0 Å². The zero-order chi connectivity index (χ0) is 9.31. The van der Waals surface area contributed by atoms with Crippen molar-refractivity contribution in [3.8, 4) is 0 Å². The molecule has 76 valence electrons. The fourth-order valence-electron chi connectivity index (χ4n) is 2.60. The van der Waals surface area contributed by atoms with Gasteiger partial charge in [0, 0.05) is 12.6 Å². The van der Waals surface area contributed by atoms with Gasteiger partial charge in [-0.1, -0.05) is 6.92 Å². The fourth-order valence-corrected chi connectivity index (χ4v) is 2.60. The van der Waals surface area contributed by atoms with Crippen molar-refractivity contribution in [3.63, 3.8) is 0 Å². The van der Waals surface area contributed by atoms with Crippen LogP contribution in [0, 0.1) is 5.41 Å². The molecule has 0 bridgehead atoms. The lowest BCUT2D eigenvalue weighted by Gasteiger charge is -2.27. The van der Waals surface area contributed by atoms with E-state index >= 15 is 0 Å². The molecule has 2 nitrogen and oxygen atoms in total. The average molecular weight is 182 g/mol. The molecule has 13 heavy (non-hydrogen) atoms. The van der Waals surface area contributed by atoms with Crippen LogP contribution in [-0.2, 0) is 0 Å². The maximum Gasteiger partial charge on any atom is 0.00933 e. The maximum atomic E-state index is 5.81. The summed E-state index contributed by atoms with van der Waals surface area (Å²) in [6.45, 7) is 5.81. The summed E-state index contributed by atoms with van der Waals surface area (Å²) < 4.78 is 0. The molecular formula is C11H22N2. The predicted octanol–water partition coefficient (Wildman–Crippen LogP) is 1.60. The number of nitrogens with zero attached hydrogens (tertiary/aromatic N) is 1. The van der Waals surface area contributed by atoms with Gasteiger partial charge in [0.25, 0.3) is 0 Å². The number of hydrogen-bond donors (Lipinski definition) is 1. The second-order valence-corrected chi connectivity index (χ2v) is 4.88. The molecule has 0 amide bonds. The first kappa shape index (κ1) is 9.47. The molecule has 0 radical (unpaired) electrons. The molecule has 0 aromatic rings. The van der Waals surface area contributed by atoms with Crippen LogP contribution in [0.2, 0.25) is 0 Å². The summed E-state index contributed by atoms with van der Waals surface area (Å²) >= 11 is 0. The molecule has 1 unspecified atom stereocenters. The fraction of sp³-hybridized carbons (Fsp3) is 1.00. The minimum Gasteiger partial charge on any atom is -0.330 e. The minimum atomic E-state index is 0.539. The van der Waals surface area contributed by atoms with E-state index < -0.39 is 0 Å². The van der Waals surface area contributed by atoms with E-state index in [4.69, 9.17) is 5.73 Å². The molecule has 2 rings (SSSR count). The molecule has 1 aliphatic carbocycles. The number of likely N-dealkylation sites (tertiary alicyclic amines) is 1. The Kier molecular flexibility index (Phi) is 2.61. The third kappa shape index (κ3) is 1.89. The Morgan fingerprint density at radius 3 is 2.77 bits per heavy atom. The topological polar surface area (TPSA) is 29.3 Å². The Bertz CT molecular complexity index is 175. The molecule has 1 saturated carbocycles. The summed E-state index contributed by atoms with van der Waals surface area (Å²) in [5.41, 5.74) is 6.35. The summed E-state index contributed by atoms with van der Waals surface area (Å²) in [5.74, 6) is 0. The highest BCUT2D eigenvalue weighted by molar-refractivity contribution is 4.98. The summed E-state index contributed by atoms with van der Waals surface area (Å²) in [6.07, 6.45) is 6.88. The molecule has 2 fully saturated rings. The molecule has 0 spiro atoms. The van der Waals surface area contributed by atoms with Gasteiger partial charge in [0.05, 0.1) is 0 Å². The van der Waals surface area contributed by atoms with Gasteiger partial charge in [-0.2, -0.15) is 0 Å².